The number of hydrogen-bond acceptors (Lipinski definition) is 1. The van der Waals surface area contributed by atoms with Crippen molar-refractivity contribution in [3.05, 3.63) is 30.9 Å². The summed E-state index contributed by atoms with van der Waals surface area (Å²) in [5.41, 5.74) is 0. The first-order valence-corrected chi connectivity index (χ1v) is 2.77. The van der Waals surface area contributed by atoms with E-state index in [-0.39, 0.29) is 12.4 Å². The van der Waals surface area contributed by atoms with E-state index in [1.807, 2.05) is 23.9 Å². The summed E-state index contributed by atoms with van der Waals surface area (Å²) in [7, 11) is 1.93. The van der Waals surface area contributed by atoms with E-state index in [2.05, 4.69) is 11.6 Å². The smallest absolute Gasteiger partial charge is 0.322 e. The second kappa shape index (κ2) is 4.01. The second-order valence-corrected chi connectivity index (χ2v) is 1.79. The monoisotopic (exact) mass is 156 g/mol. The maximum absolute atomic E-state index is 4.04. The summed E-state index contributed by atoms with van der Waals surface area (Å²) in [4.78, 5) is 4.04. The van der Waals surface area contributed by atoms with Gasteiger partial charge in [-0.3, -0.25) is 0 Å². The average molecular weight is 157 g/mol. The molecule has 2 nitrogen and oxygen atoms in total. The van der Waals surface area contributed by atoms with Crippen LogP contribution in [0.5, 0.6) is 0 Å². The second-order valence-electron chi connectivity index (χ2n) is 1.79. The third-order valence-corrected chi connectivity index (χ3v) is 1.15. The van der Waals surface area contributed by atoms with Gasteiger partial charge in [0, 0.05) is 12.1 Å². The van der Waals surface area contributed by atoms with Gasteiger partial charge in [0.15, 0.2) is 0 Å². The van der Waals surface area contributed by atoms with Gasteiger partial charge in [0.1, 0.15) is 6.20 Å². The number of hydrogen-bond donors (Lipinski definition) is 0. The quantitative estimate of drug-likeness (QED) is 0.413. The van der Waals surface area contributed by atoms with Crippen molar-refractivity contribution in [2.24, 2.45) is 7.05 Å². The maximum Gasteiger partial charge on any atom is 0.322 e. The van der Waals surface area contributed by atoms with E-state index in [1.54, 1.807) is 12.3 Å². The van der Waals surface area contributed by atoms with E-state index >= 15 is 0 Å². The third-order valence-electron chi connectivity index (χ3n) is 1.15. The first-order chi connectivity index (χ1) is 4.34. The summed E-state index contributed by atoms with van der Waals surface area (Å²) in [5.74, 6) is 0.887. The number of rotatable bonds is 1. The van der Waals surface area contributed by atoms with Crippen LogP contribution in [0.4, 0.5) is 0 Å². The minimum Gasteiger partial charge on any atom is -1.00 e. The molecule has 1 heterocycles. The summed E-state index contributed by atoms with van der Waals surface area (Å²) in [6.45, 7) is 3.61. The van der Waals surface area contributed by atoms with Gasteiger partial charge in [-0.2, -0.15) is 0 Å². The van der Waals surface area contributed by atoms with E-state index in [9.17, 15) is 0 Å². The highest BCUT2D eigenvalue weighted by Gasteiger charge is 1.97. The molecule has 0 N–H and O–H groups in total. The lowest BCUT2D eigenvalue weighted by atomic mass is 10.5. The Morgan fingerprint density at radius 3 is 2.80 bits per heavy atom. The first kappa shape index (κ1) is 9.11. The van der Waals surface area contributed by atoms with Gasteiger partial charge >= 0.3 is 5.82 Å². The molecule has 0 unspecified atom stereocenters. The Labute approximate surface area is 66.6 Å². The van der Waals surface area contributed by atoms with Gasteiger partial charge < -0.3 is 12.4 Å². The topological polar surface area (TPSA) is 16.8 Å². The predicted octanol–water partition coefficient (Wildman–Crippen LogP) is -2.45. The fraction of sp³-hybridized carbons (Fsp3) is 0.143. The zero-order chi connectivity index (χ0) is 6.69. The summed E-state index contributed by atoms with van der Waals surface area (Å²) in [6, 6.07) is 1.88. The minimum absolute atomic E-state index is 0. The molecule has 54 valence electrons. The van der Waals surface area contributed by atoms with Gasteiger partial charge in [-0.25, -0.2) is 4.57 Å². The highest BCUT2D eigenvalue weighted by molar-refractivity contribution is 5.31. The molecule has 0 aliphatic rings. The van der Waals surface area contributed by atoms with Crippen molar-refractivity contribution in [3.8, 4) is 0 Å². The van der Waals surface area contributed by atoms with E-state index < -0.39 is 0 Å². The zero-order valence-corrected chi connectivity index (χ0v) is 6.54. The van der Waals surface area contributed by atoms with Crippen LogP contribution in [-0.2, 0) is 7.05 Å². The molecule has 0 spiro atoms. The van der Waals surface area contributed by atoms with Gasteiger partial charge in [-0.05, 0) is 4.98 Å². The van der Waals surface area contributed by atoms with Crippen molar-refractivity contribution in [1.29, 1.82) is 0 Å². The van der Waals surface area contributed by atoms with Gasteiger partial charge in [0.05, 0.1) is 13.2 Å². The molecule has 0 saturated heterocycles. The lowest BCUT2D eigenvalue weighted by molar-refractivity contribution is -0.676. The van der Waals surface area contributed by atoms with Crippen molar-refractivity contribution in [2.75, 3.05) is 0 Å². The molecule has 0 aromatic carbocycles. The Morgan fingerprint density at radius 2 is 2.40 bits per heavy atom. The lowest BCUT2D eigenvalue weighted by Crippen LogP contribution is -3.00. The molecule has 0 aliphatic carbocycles. The maximum atomic E-state index is 4.04. The average Bonchev–Trinajstić information content (AvgIpc) is 1.89. The Bertz CT molecular complexity index is 223. The normalized spacial score (nSPS) is 8.10. The summed E-state index contributed by atoms with van der Waals surface area (Å²) in [6.07, 6.45) is 5.40. The molecule has 0 aliphatic heterocycles. The standard InChI is InChI=1S/C7H9N2.ClH/c1-3-7-8-5-4-6-9(7)2;/h3-6H,1H2,2H3;1H/q+1;/p-1. The molecular formula is C7H9ClN2. The van der Waals surface area contributed by atoms with E-state index in [1.165, 1.54) is 0 Å². The van der Waals surface area contributed by atoms with Crippen molar-refractivity contribution < 1.29 is 17.0 Å². The number of nitrogens with zero attached hydrogens (tertiary/aromatic N) is 2. The van der Waals surface area contributed by atoms with Gasteiger partial charge in [-0.15, -0.1) is 0 Å². The molecule has 0 atom stereocenters. The molecule has 1 aromatic heterocycles. The van der Waals surface area contributed by atoms with Crippen LogP contribution in [0.3, 0.4) is 0 Å². The molecule has 0 bridgehead atoms. The molecule has 1 rings (SSSR count). The third kappa shape index (κ3) is 1.81. The van der Waals surface area contributed by atoms with Crippen LogP contribution in [0.2, 0.25) is 0 Å². The zero-order valence-electron chi connectivity index (χ0n) is 5.79. The number of aromatic nitrogens is 2. The highest BCUT2D eigenvalue weighted by Crippen LogP contribution is 1.83. The first-order valence-electron chi connectivity index (χ1n) is 2.77. The fourth-order valence-electron chi connectivity index (χ4n) is 0.651. The van der Waals surface area contributed by atoms with Crippen LogP contribution in [-0.4, -0.2) is 4.98 Å². The number of halogens is 1. The molecule has 10 heavy (non-hydrogen) atoms. The Morgan fingerprint density at radius 1 is 1.70 bits per heavy atom. The van der Waals surface area contributed by atoms with Crippen molar-refractivity contribution in [1.82, 2.24) is 4.98 Å². The van der Waals surface area contributed by atoms with Crippen LogP contribution in [0.25, 0.3) is 6.08 Å². The Balaban J connectivity index is 0.000000810. The minimum atomic E-state index is 0. The van der Waals surface area contributed by atoms with Crippen LogP contribution in [0, 0.1) is 0 Å². The van der Waals surface area contributed by atoms with Gasteiger partial charge in [-0.1, -0.05) is 6.58 Å². The molecule has 1 aromatic rings. The van der Waals surface area contributed by atoms with Crippen LogP contribution in [0.15, 0.2) is 25.0 Å². The van der Waals surface area contributed by atoms with E-state index in [0.717, 1.165) is 5.82 Å². The van der Waals surface area contributed by atoms with Crippen LogP contribution in [0.1, 0.15) is 5.82 Å². The van der Waals surface area contributed by atoms with E-state index in [0.29, 0.717) is 0 Å². The molecular weight excluding hydrogens is 148 g/mol. The lowest BCUT2D eigenvalue weighted by Gasteiger charge is -1.87. The Hall–Kier alpha value is -0.890. The van der Waals surface area contributed by atoms with E-state index in [4.69, 9.17) is 0 Å². The molecule has 0 fully saturated rings. The SMILES string of the molecule is C=Cc1nccc[n+]1C.[Cl-]. The van der Waals surface area contributed by atoms with Gasteiger partial charge in [0.2, 0.25) is 0 Å². The van der Waals surface area contributed by atoms with Crippen molar-refractivity contribution in [2.45, 2.75) is 0 Å². The molecule has 0 radical (unpaired) electrons. The van der Waals surface area contributed by atoms with Crippen LogP contribution < -0.4 is 17.0 Å². The van der Waals surface area contributed by atoms with Crippen LogP contribution >= 0.6 is 0 Å². The van der Waals surface area contributed by atoms with Crippen molar-refractivity contribution >= 4 is 6.08 Å². The summed E-state index contributed by atoms with van der Waals surface area (Å²) >= 11 is 0. The number of aryl methyl sites for hydroxylation is 1. The highest BCUT2D eigenvalue weighted by atomic mass is 35.5. The van der Waals surface area contributed by atoms with Gasteiger partial charge in [0.25, 0.3) is 0 Å². The predicted molar refractivity (Wildman–Crippen MR) is 35.5 cm³/mol. The largest absolute Gasteiger partial charge is 1.00 e. The summed E-state index contributed by atoms with van der Waals surface area (Å²) in [5, 5.41) is 0. The molecule has 0 saturated carbocycles. The summed E-state index contributed by atoms with van der Waals surface area (Å²) < 4.78 is 1.91. The molecule has 3 heteroatoms. The molecule has 0 amide bonds. The van der Waals surface area contributed by atoms with Crippen molar-refractivity contribution in [3.63, 3.8) is 0 Å². The Kier molecular flexibility index (Phi) is 3.65. The fourth-order valence-corrected chi connectivity index (χ4v) is 0.651.